The van der Waals surface area contributed by atoms with Crippen molar-refractivity contribution >= 4 is 18.1 Å². The Morgan fingerprint density at radius 2 is 1.71 bits per heavy atom. The van der Waals surface area contributed by atoms with E-state index in [4.69, 9.17) is 18.6 Å². The third-order valence-corrected chi connectivity index (χ3v) is 7.39. The number of carbonyl (C=O) groups is 2. The first kappa shape index (κ1) is 33.3. The molecule has 2 aromatic heterocycles. The molecule has 0 aliphatic heterocycles. The van der Waals surface area contributed by atoms with Crippen LogP contribution in [0.2, 0.25) is 0 Å². The maximum Gasteiger partial charge on any atom is 0.335 e. The molecule has 0 radical (unpaired) electrons. The van der Waals surface area contributed by atoms with Crippen molar-refractivity contribution in [1.82, 2.24) is 9.99 Å². The van der Waals surface area contributed by atoms with Crippen LogP contribution >= 0.6 is 0 Å². The van der Waals surface area contributed by atoms with Gasteiger partial charge in [-0.3, -0.25) is 4.79 Å². The van der Waals surface area contributed by atoms with Gasteiger partial charge in [0.1, 0.15) is 24.7 Å². The van der Waals surface area contributed by atoms with E-state index in [1.807, 2.05) is 37.3 Å². The molecule has 0 saturated carbocycles. The smallest absolute Gasteiger partial charge is 0.335 e. The van der Waals surface area contributed by atoms with Crippen LogP contribution in [-0.4, -0.2) is 34.4 Å². The summed E-state index contributed by atoms with van der Waals surface area (Å²) < 4.78 is 25.7. The maximum atomic E-state index is 12.7. The molecule has 10 heteroatoms. The number of nitrogens with one attached hydrogen (secondary N) is 1. The van der Waals surface area contributed by atoms with E-state index in [-0.39, 0.29) is 24.5 Å². The van der Waals surface area contributed by atoms with Gasteiger partial charge in [-0.05, 0) is 111 Å². The Bertz CT molecular complexity index is 1920. The van der Waals surface area contributed by atoms with Crippen molar-refractivity contribution in [3.05, 3.63) is 143 Å². The van der Waals surface area contributed by atoms with Gasteiger partial charge in [0, 0.05) is 22.6 Å². The zero-order valence-corrected chi connectivity index (χ0v) is 27.1. The largest absolute Gasteiger partial charge is 0.490 e. The molecular formula is C38H37N3O7. The normalized spacial score (nSPS) is 11.0. The molecule has 0 saturated heterocycles. The lowest BCUT2D eigenvalue weighted by Gasteiger charge is -2.17. The minimum absolute atomic E-state index is 0.0951. The van der Waals surface area contributed by atoms with Crippen LogP contribution in [-0.2, 0) is 19.6 Å². The highest BCUT2D eigenvalue weighted by Gasteiger charge is 2.15. The number of rotatable bonds is 15. The standard InChI is InChI=1S/C38H37N3O7/c1-5-8-29-20-28(21-35(45-6-2)36(29)47-23-27-9-7-10-30(19-27)38(43)44)22-39-40-37(42)34-18-17-33(48-34)24-46-32-15-13-31(14-16-32)41-25(3)11-12-26(41)4/h5,7,9-22H,1,6,8,23-24H2,2-4H3,(H,40,42)(H,43,44)/b39-22+. The van der Waals surface area contributed by atoms with Crippen LogP contribution in [0.15, 0.2) is 107 Å². The Morgan fingerprint density at radius 1 is 0.938 bits per heavy atom. The van der Waals surface area contributed by atoms with Gasteiger partial charge in [0.15, 0.2) is 17.3 Å². The summed E-state index contributed by atoms with van der Waals surface area (Å²) in [6.07, 6.45) is 3.72. The molecule has 0 aliphatic rings. The first-order valence-corrected chi connectivity index (χ1v) is 15.4. The summed E-state index contributed by atoms with van der Waals surface area (Å²) in [7, 11) is 0. The Balaban J connectivity index is 1.20. The van der Waals surface area contributed by atoms with Crippen LogP contribution in [0.4, 0.5) is 0 Å². The van der Waals surface area contributed by atoms with Gasteiger partial charge in [-0.15, -0.1) is 6.58 Å². The lowest BCUT2D eigenvalue weighted by atomic mass is 10.1. The molecule has 10 nitrogen and oxygen atoms in total. The molecule has 1 amide bonds. The molecule has 3 aromatic carbocycles. The van der Waals surface area contributed by atoms with Gasteiger partial charge in [0.25, 0.3) is 0 Å². The summed E-state index contributed by atoms with van der Waals surface area (Å²) >= 11 is 0. The Labute approximate surface area is 278 Å². The summed E-state index contributed by atoms with van der Waals surface area (Å²) in [6, 6.07) is 25.4. The fourth-order valence-electron chi connectivity index (χ4n) is 5.16. The van der Waals surface area contributed by atoms with Crippen LogP contribution in [0.5, 0.6) is 17.2 Å². The van der Waals surface area contributed by atoms with Gasteiger partial charge >= 0.3 is 11.9 Å². The number of allylic oxidation sites excluding steroid dienone is 1. The predicted molar refractivity (Wildman–Crippen MR) is 183 cm³/mol. The van der Waals surface area contributed by atoms with E-state index in [9.17, 15) is 14.7 Å². The van der Waals surface area contributed by atoms with E-state index < -0.39 is 11.9 Å². The second kappa shape index (κ2) is 15.5. The third kappa shape index (κ3) is 8.21. The second-order valence-electron chi connectivity index (χ2n) is 10.9. The topological polar surface area (TPSA) is 125 Å². The molecule has 0 fully saturated rings. The van der Waals surface area contributed by atoms with Crippen LogP contribution in [0.25, 0.3) is 5.69 Å². The minimum Gasteiger partial charge on any atom is -0.490 e. The fraction of sp³-hybridized carbons (Fsp3) is 0.184. The minimum atomic E-state index is -1.01. The summed E-state index contributed by atoms with van der Waals surface area (Å²) in [5, 5.41) is 13.4. The molecule has 5 rings (SSSR count). The third-order valence-electron chi connectivity index (χ3n) is 7.39. The Morgan fingerprint density at radius 3 is 2.42 bits per heavy atom. The molecule has 0 atom stereocenters. The van der Waals surface area contributed by atoms with Crippen molar-refractivity contribution in [2.24, 2.45) is 5.10 Å². The molecule has 5 aromatic rings. The van der Waals surface area contributed by atoms with Crippen molar-refractivity contribution in [2.45, 2.75) is 40.4 Å². The van der Waals surface area contributed by atoms with E-state index in [0.717, 1.165) is 22.6 Å². The molecule has 246 valence electrons. The number of benzene rings is 3. The van der Waals surface area contributed by atoms with Gasteiger partial charge in [-0.2, -0.15) is 5.10 Å². The number of carboxylic acid groups (broad SMARTS) is 1. The number of amides is 1. The van der Waals surface area contributed by atoms with Crippen molar-refractivity contribution in [1.29, 1.82) is 0 Å². The van der Waals surface area contributed by atoms with Gasteiger partial charge in [0.2, 0.25) is 0 Å². The lowest BCUT2D eigenvalue weighted by Crippen LogP contribution is -2.16. The van der Waals surface area contributed by atoms with Gasteiger partial charge in [-0.25, -0.2) is 10.2 Å². The second-order valence-corrected chi connectivity index (χ2v) is 10.9. The molecule has 0 bridgehead atoms. The van der Waals surface area contributed by atoms with Crippen molar-refractivity contribution in [3.8, 4) is 22.9 Å². The fourth-order valence-corrected chi connectivity index (χ4v) is 5.16. The molecule has 0 spiro atoms. The number of hydrazone groups is 1. The highest BCUT2D eigenvalue weighted by atomic mass is 16.5. The summed E-state index contributed by atoms with van der Waals surface area (Å²) in [4.78, 5) is 24.1. The van der Waals surface area contributed by atoms with E-state index in [1.165, 1.54) is 12.3 Å². The Kier molecular flexibility index (Phi) is 10.8. The van der Waals surface area contributed by atoms with Crippen LogP contribution in [0.1, 0.15) is 61.7 Å². The van der Waals surface area contributed by atoms with E-state index in [0.29, 0.717) is 47.2 Å². The zero-order chi connectivity index (χ0) is 34.0. The summed E-state index contributed by atoms with van der Waals surface area (Å²) in [5.74, 6) is 0.750. The van der Waals surface area contributed by atoms with Crippen LogP contribution in [0, 0.1) is 13.8 Å². The molecule has 0 unspecified atom stereocenters. The summed E-state index contributed by atoms with van der Waals surface area (Å²) in [6.45, 7) is 10.5. The zero-order valence-electron chi connectivity index (χ0n) is 27.1. The van der Waals surface area contributed by atoms with Crippen molar-refractivity contribution < 1.29 is 33.3 Å². The van der Waals surface area contributed by atoms with Gasteiger partial charge < -0.3 is 28.3 Å². The number of nitrogens with zero attached hydrogens (tertiary/aromatic N) is 2. The first-order valence-electron chi connectivity index (χ1n) is 15.4. The van der Waals surface area contributed by atoms with Crippen molar-refractivity contribution in [2.75, 3.05) is 6.61 Å². The van der Waals surface area contributed by atoms with E-state index in [2.05, 4.69) is 47.7 Å². The maximum absolute atomic E-state index is 12.7. The molecular weight excluding hydrogens is 610 g/mol. The first-order chi connectivity index (χ1) is 23.2. The molecule has 48 heavy (non-hydrogen) atoms. The van der Waals surface area contributed by atoms with Gasteiger partial charge in [-0.1, -0.05) is 18.2 Å². The molecule has 2 N–H and O–H groups in total. The average Bonchev–Trinajstić information content (AvgIpc) is 3.70. The number of carboxylic acids is 1. The monoisotopic (exact) mass is 647 g/mol. The average molecular weight is 648 g/mol. The predicted octanol–water partition coefficient (Wildman–Crippen LogP) is 7.43. The van der Waals surface area contributed by atoms with E-state index >= 15 is 0 Å². The number of aromatic carboxylic acids is 1. The number of hydrogen-bond donors (Lipinski definition) is 2. The number of carbonyl (C=O) groups excluding carboxylic acids is 1. The highest BCUT2D eigenvalue weighted by molar-refractivity contribution is 5.92. The Hall–Kier alpha value is -6.03. The highest BCUT2D eigenvalue weighted by Crippen LogP contribution is 2.34. The van der Waals surface area contributed by atoms with Crippen molar-refractivity contribution in [3.63, 3.8) is 0 Å². The summed E-state index contributed by atoms with van der Waals surface area (Å²) in [5.41, 5.74) is 8.19. The number of ether oxygens (including phenoxy) is 3. The quantitative estimate of drug-likeness (QED) is 0.0688. The number of aryl methyl sites for hydroxylation is 2. The van der Waals surface area contributed by atoms with Crippen LogP contribution in [0.3, 0.4) is 0 Å². The SMILES string of the molecule is C=CCc1cc(/C=N/NC(=O)c2ccc(COc3ccc(-n4c(C)ccc4C)cc3)o2)cc(OCC)c1OCc1cccc(C(=O)O)c1. The molecule has 2 heterocycles. The van der Waals surface area contributed by atoms with Gasteiger partial charge in [0.05, 0.1) is 18.4 Å². The molecule has 0 aliphatic carbocycles. The van der Waals surface area contributed by atoms with Crippen LogP contribution < -0.4 is 19.6 Å². The number of hydrogen-bond acceptors (Lipinski definition) is 7. The van der Waals surface area contributed by atoms with E-state index in [1.54, 1.807) is 42.5 Å². The number of furan rings is 1. The lowest BCUT2D eigenvalue weighted by molar-refractivity contribution is 0.0696. The number of aromatic nitrogens is 1.